The third-order valence-corrected chi connectivity index (χ3v) is 3.22. The van der Waals surface area contributed by atoms with Crippen LogP contribution in [0.2, 0.25) is 0 Å². The molecule has 4 N–H and O–H groups in total. The maximum atomic E-state index is 11.8. The third-order valence-electron chi connectivity index (χ3n) is 3.22. The molecule has 2 rings (SSSR count). The van der Waals surface area contributed by atoms with Crippen LogP contribution in [0, 0.1) is 35.6 Å². The van der Waals surface area contributed by atoms with Crippen molar-refractivity contribution in [1.29, 1.82) is 0 Å². The number of nitrogens with zero attached hydrogens (tertiary/aromatic N) is 1. The Balaban J connectivity index is 0.00000200. The summed E-state index contributed by atoms with van der Waals surface area (Å²) in [5.41, 5.74) is 6.81. The number of nitrogens with one attached hydrogen (secondary N) is 2. The number of rotatable bonds is 3. The van der Waals surface area contributed by atoms with Gasteiger partial charge in [-0.05, 0) is 12.1 Å². The van der Waals surface area contributed by atoms with Gasteiger partial charge in [0.15, 0.2) is 0 Å². The molecule has 1 heterocycles. The molecule has 1 radical (unpaired) electrons. The Bertz CT molecular complexity index is 501. The van der Waals surface area contributed by atoms with E-state index in [9.17, 15) is 9.59 Å². The zero-order valence-electron chi connectivity index (χ0n) is 11.5. The number of hydrogen-bond acceptors (Lipinski definition) is 4. The predicted octanol–water partition coefficient (Wildman–Crippen LogP) is -0.445. The van der Waals surface area contributed by atoms with Crippen molar-refractivity contribution < 1.29 is 45.2 Å². The maximum absolute atomic E-state index is 11.8. The summed E-state index contributed by atoms with van der Waals surface area (Å²) >= 11 is 0. The number of benzene rings is 1. The van der Waals surface area contributed by atoms with Crippen LogP contribution in [0.25, 0.3) is 0 Å². The molecule has 0 spiro atoms. The Morgan fingerprint density at radius 1 is 1.30 bits per heavy atom. The van der Waals surface area contributed by atoms with Crippen molar-refractivity contribution in [3.05, 3.63) is 29.3 Å². The number of hydrogen-bond donors (Lipinski definition) is 3. The van der Waals surface area contributed by atoms with Crippen LogP contribution in [0.3, 0.4) is 0 Å². The fourth-order valence-electron chi connectivity index (χ4n) is 2.29. The molecule has 1 aliphatic heterocycles. The summed E-state index contributed by atoms with van der Waals surface area (Å²) in [6.07, 6.45) is 0. The zero-order chi connectivity index (χ0) is 13.8. The van der Waals surface area contributed by atoms with Gasteiger partial charge in [-0.1, -0.05) is 6.07 Å². The Hall–Kier alpha value is -0.885. The second kappa shape index (κ2) is 7.78. The molecule has 0 aromatic heterocycles. The number of carbonyl (C=O) groups excluding carboxylic acids is 2. The molecule has 20 heavy (non-hydrogen) atoms. The van der Waals surface area contributed by atoms with Gasteiger partial charge in [-0.15, -0.1) is 0 Å². The summed E-state index contributed by atoms with van der Waals surface area (Å²) in [7, 11) is 1.53. The fraction of sp³-hybridized carbons (Fsp3) is 0.385. The van der Waals surface area contributed by atoms with Gasteiger partial charge in [-0.25, -0.2) is 0 Å². The van der Waals surface area contributed by atoms with Gasteiger partial charge in [0.2, 0.25) is 0 Å². The van der Waals surface area contributed by atoms with Gasteiger partial charge in [-0.3, -0.25) is 9.59 Å². The summed E-state index contributed by atoms with van der Waals surface area (Å²) in [6.45, 7) is 3.28. The van der Waals surface area contributed by atoms with Gasteiger partial charge in [-0.2, -0.15) is 0 Å². The second-order valence-corrected chi connectivity index (χ2v) is 4.38. The standard InChI is InChI=1S/C13H18N4O2.La/c1-15-13(19)9-3-2-4-10(11(9)12(14)18)17-7-5-16-6-8-17;/h2-4,16H,5-8H2,1H3,(H2,14,18)(H,15,19);. The van der Waals surface area contributed by atoms with E-state index in [0.29, 0.717) is 11.1 Å². The summed E-state index contributed by atoms with van der Waals surface area (Å²) in [5.74, 6) is -0.876. The van der Waals surface area contributed by atoms with E-state index >= 15 is 0 Å². The number of nitrogens with two attached hydrogens (primary N) is 1. The van der Waals surface area contributed by atoms with E-state index in [1.807, 2.05) is 6.07 Å². The van der Waals surface area contributed by atoms with Crippen molar-refractivity contribution in [2.24, 2.45) is 5.73 Å². The van der Waals surface area contributed by atoms with E-state index in [1.165, 1.54) is 7.05 Å². The molecule has 1 fully saturated rings. The number of primary amides is 1. The minimum Gasteiger partial charge on any atom is -0.368 e. The monoisotopic (exact) mass is 401 g/mol. The first-order chi connectivity index (χ1) is 9.15. The SMILES string of the molecule is CNC(=O)c1cccc(N2CCNCC2)c1C(N)=O.[La]. The van der Waals surface area contributed by atoms with E-state index < -0.39 is 5.91 Å². The van der Waals surface area contributed by atoms with Gasteiger partial charge < -0.3 is 21.3 Å². The molecular formula is C13H18LaN4O2. The Morgan fingerprint density at radius 3 is 2.50 bits per heavy atom. The van der Waals surface area contributed by atoms with Crippen molar-refractivity contribution >= 4 is 17.5 Å². The molecule has 6 nitrogen and oxygen atoms in total. The molecule has 1 aliphatic rings. The largest absolute Gasteiger partial charge is 0.368 e. The molecule has 1 aromatic rings. The minimum absolute atomic E-state index is 0. The summed E-state index contributed by atoms with van der Waals surface area (Å²) in [5, 5.41) is 5.77. The van der Waals surface area contributed by atoms with Crippen molar-refractivity contribution in [2.45, 2.75) is 0 Å². The number of carbonyl (C=O) groups is 2. The van der Waals surface area contributed by atoms with Crippen LogP contribution in [-0.2, 0) is 0 Å². The number of anilines is 1. The zero-order valence-corrected chi connectivity index (χ0v) is 15.1. The van der Waals surface area contributed by atoms with E-state index in [2.05, 4.69) is 15.5 Å². The predicted molar refractivity (Wildman–Crippen MR) is 73.4 cm³/mol. The van der Waals surface area contributed by atoms with Crippen LogP contribution in [0.1, 0.15) is 20.7 Å². The van der Waals surface area contributed by atoms with Crippen LogP contribution in [0.4, 0.5) is 5.69 Å². The van der Waals surface area contributed by atoms with Crippen molar-refractivity contribution in [2.75, 3.05) is 38.1 Å². The fourth-order valence-corrected chi connectivity index (χ4v) is 2.29. The molecule has 0 saturated carbocycles. The smallest absolute Gasteiger partial charge is 0.251 e. The van der Waals surface area contributed by atoms with Crippen LogP contribution >= 0.6 is 0 Å². The van der Waals surface area contributed by atoms with E-state index in [-0.39, 0.29) is 41.5 Å². The van der Waals surface area contributed by atoms with Crippen LogP contribution in [-0.4, -0.2) is 45.0 Å². The van der Waals surface area contributed by atoms with Crippen LogP contribution < -0.4 is 21.3 Å². The summed E-state index contributed by atoms with van der Waals surface area (Å²) in [4.78, 5) is 25.6. The van der Waals surface area contributed by atoms with Gasteiger partial charge in [0.1, 0.15) is 0 Å². The average molecular weight is 401 g/mol. The maximum Gasteiger partial charge on any atom is 0.251 e. The minimum atomic E-state index is -0.576. The molecule has 0 bridgehead atoms. The molecule has 1 aromatic carbocycles. The number of amides is 2. The average Bonchev–Trinajstić information content (AvgIpc) is 2.46. The Labute approximate surface area is 146 Å². The molecule has 7 heteroatoms. The molecular weight excluding hydrogens is 383 g/mol. The van der Waals surface area contributed by atoms with Gasteiger partial charge in [0.05, 0.1) is 16.8 Å². The molecule has 2 amide bonds. The second-order valence-electron chi connectivity index (χ2n) is 4.38. The molecule has 0 aliphatic carbocycles. The van der Waals surface area contributed by atoms with Crippen LogP contribution in [0.5, 0.6) is 0 Å². The van der Waals surface area contributed by atoms with Crippen molar-refractivity contribution in [3.63, 3.8) is 0 Å². The third kappa shape index (κ3) is 3.60. The van der Waals surface area contributed by atoms with Crippen molar-refractivity contribution in [3.8, 4) is 0 Å². The van der Waals surface area contributed by atoms with Gasteiger partial charge in [0, 0.05) is 68.8 Å². The number of piperazine rings is 1. The topological polar surface area (TPSA) is 87.5 Å². The summed E-state index contributed by atoms with van der Waals surface area (Å²) in [6, 6.07) is 5.22. The first-order valence-corrected chi connectivity index (χ1v) is 6.25. The molecule has 0 unspecified atom stereocenters. The van der Waals surface area contributed by atoms with Gasteiger partial charge >= 0.3 is 0 Å². The van der Waals surface area contributed by atoms with E-state index in [0.717, 1.165) is 31.9 Å². The van der Waals surface area contributed by atoms with Gasteiger partial charge in [0.25, 0.3) is 11.8 Å². The van der Waals surface area contributed by atoms with Crippen LogP contribution in [0.15, 0.2) is 18.2 Å². The Morgan fingerprint density at radius 2 is 1.95 bits per heavy atom. The first kappa shape index (κ1) is 17.2. The molecule has 105 valence electrons. The van der Waals surface area contributed by atoms with Crippen molar-refractivity contribution in [1.82, 2.24) is 10.6 Å². The summed E-state index contributed by atoms with van der Waals surface area (Å²) < 4.78 is 0. The normalized spacial score (nSPS) is 14.3. The van der Waals surface area contributed by atoms with E-state index in [4.69, 9.17) is 5.73 Å². The molecule has 1 saturated heterocycles. The first-order valence-electron chi connectivity index (χ1n) is 6.25. The molecule has 0 atom stereocenters. The Kier molecular flexibility index (Phi) is 6.68. The quantitative estimate of drug-likeness (QED) is 0.641. The van der Waals surface area contributed by atoms with E-state index in [1.54, 1.807) is 12.1 Å².